The predicted octanol–water partition coefficient (Wildman–Crippen LogP) is 7.07. The second-order valence-electron chi connectivity index (χ2n) is 10.3. The first-order valence-electron chi connectivity index (χ1n) is 13.8. The molecule has 0 aliphatic carbocycles. The minimum atomic E-state index is -4.51. The number of halogens is 3. The van der Waals surface area contributed by atoms with Crippen LogP contribution in [0.5, 0.6) is 0 Å². The molecule has 2 atom stereocenters. The number of amides is 1. The van der Waals surface area contributed by atoms with E-state index in [4.69, 9.17) is 12.2 Å². The van der Waals surface area contributed by atoms with Crippen LogP contribution in [0.25, 0.3) is 5.69 Å². The maximum Gasteiger partial charge on any atom is 0.418 e. The molecule has 2 unspecified atom stereocenters. The van der Waals surface area contributed by atoms with Crippen LogP contribution >= 0.6 is 12.2 Å². The molecule has 10 heteroatoms. The average Bonchev–Trinajstić information content (AvgIpc) is 3.46. The highest BCUT2D eigenvalue weighted by Gasteiger charge is 2.42. The van der Waals surface area contributed by atoms with Crippen LogP contribution in [0.4, 0.5) is 18.9 Å². The molecule has 2 aromatic carbocycles. The van der Waals surface area contributed by atoms with E-state index >= 15 is 0 Å². The van der Waals surface area contributed by atoms with Gasteiger partial charge in [-0.25, -0.2) is 0 Å². The van der Waals surface area contributed by atoms with E-state index in [1.54, 1.807) is 23.8 Å². The highest BCUT2D eigenvalue weighted by atomic mass is 32.1. The highest BCUT2D eigenvalue weighted by Crippen LogP contribution is 2.42. The molecule has 6 nitrogen and oxygen atoms in total. The zero-order valence-electron chi connectivity index (χ0n) is 23.6. The number of nitrogens with zero attached hydrogens (tertiary/aromatic N) is 3. The number of aromatic nitrogens is 2. The molecule has 1 amide bonds. The van der Waals surface area contributed by atoms with E-state index in [0.29, 0.717) is 23.0 Å². The number of hydrogen-bond donors (Lipinski definition) is 2. The average molecular weight is 592 g/mol. The van der Waals surface area contributed by atoms with Crippen LogP contribution in [0.2, 0.25) is 0 Å². The Bertz CT molecular complexity index is 1600. The number of rotatable bonds is 8. The summed E-state index contributed by atoms with van der Waals surface area (Å²) in [7, 11) is 0. The maximum atomic E-state index is 14.0. The fraction of sp³-hybridized carbons (Fsp3) is 0.281. The van der Waals surface area contributed by atoms with Gasteiger partial charge in [-0.1, -0.05) is 43.3 Å². The van der Waals surface area contributed by atoms with Crippen LogP contribution in [-0.4, -0.2) is 32.0 Å². The van der Waals surface area contributed by atoms with Gasteiger partial charge in [0.25, 0.3) is 0 Å². The van der Waals surface area contributed by atoms with Crippen LogP contribution in [0.15, 0.2) is 79.0 Å². The summed E-state index contributed by atoms with van der Waals surface area (Å²) in [6.07, 6.45) is -1.86. The molecule has 1 saturated heterocycles. The smallest absolute Gasteiger partial charge is 0.352 e. The maximum absolute atomic E-state index is 14.0. The Hall–Kier alpha value is -4.18. The Balaban J connectivity index is 1.51. The molecular weight excluding hydrogens is 559 g/mol. The second kappa shape index (κ2) is 12.0. The summed E-state index contributed by atoms with van der Waals surface area (Å²) >= 11 is 5.76. The summed E-state index contributed by atoms with van der Waals surface area (Å²) in [5.41, 5.74) is 4.05. The number of carbonyl (C=O) groups excluding carboxylic acids is 1. The summed E-state index contributed by atoms with van der Waals surface area (Å²) < 4.78 is 43.6. The number of hydrogen-bond acceptors (Lipinski definition) is 3. The van der Waals surface area contributed by atoms with Crippen LogP contribution in [0.1, 0.15) is 59.2 Å². The summed E-state index contributed by atoms with van der Waals surface area (Å²) in [5, 5.41) is 6.83. The number of benzene rings is 2. The van der Waals surface area contributed by atoms with Gasteiger partial charge in [0.15, 0.2) is 5.11 Å². The first-order chi connectivity index (χ1) is 20.1. The Labute approximate surface area is 248 Å². The Kier molecular flexibility index (Phi) is 8.36. The minimum Gasteiger partial charge on any atom is -0.352 e. The standard InChI is InChI=1S/C32H32F3N5OS/c1-4-22-11-5-7-13-25(22)37-28(41)16-18-39-30(29(38-31(39)42)26-14-9-10-17-36-26)23-19-20(2)40(21(23)3)27-15-8-6-12-24(27)32(33,34)35/h5-15,17,19,29-30H,4,16,18H2,1-3H3,(H,37,41)(H,38,42). The molecule has 3 heterocycles. The van der Waals surface area contributed by atoms with E-state index in [1.807, 2.05) is 67.3 Å². The molecule has 218 valence electrons. The third-order valence-electron chi connectivity index (χ3n) is 7.69. The van der Waals surface area contributed by atoms with Crippen molar-refractivity contribution in [2.75, 3.05) is 11.9 Å². The molecular formula is C32H32F3N5OS. The fourth-order valence-electron chi connectivity index (χ4n) is 5.74. The topological polar surface area (TPSA) is 62.2 Å². The number of aryl methyl sites for hydroxylation is 2. The minimum absolute atomic E-state index is 0.0645. The van der Waals surface area contributed by atoms with Gasteiger partial charge in [-0.05, 0) is 80.0 Å². The first kappa shape index (κ1) is 29.3. The van der Waals surface area contributed by atoms with Gasteiger partial charge in [0, 0.05) is 36.2 Å². The Morgan fingerprint density at radius 2 is 1.76 bits per heavy atom. The van der Waals surface area contributed by atoms with E-state index in [-0.39, 0.29) is 24.1 Å². The molecule has 0 spiro atoms. The number of carbonyl (C=O) groups is 1. The van der Waals surface area contributed by atoms with Gasteiger partial charge in [0.05, 0.1) is 29.0 Å². The van der Waals surface area contributed by atoms with Gasteiger partial charge in [-0.3, -0.25) is 9.78 Å². The van der Waals surface area contributed by atoms with Gasteiger partial charge in [0.2, 0.25) is 5.91 Å². The largest absolute Gasteiger partial charge is 0.418 e. The van der Waals surface area contributed by atoms with Gasteiger partial charge < -0.3 is 20.1 Å². The molecule has 2 N–H and O–H groups in total. The molecule has 2 aromatic heterocycles. The quantitative estimate of drug-likeness (QED) is 0.215. The molecule has 1 fully saturated rings. The number of pyridine rings is 1. The van der Waals surface area contributed by atoms with Gasteiger partial charge in [-0.2, -0.15) is 13.2 Å². The molecule has 42 heavy (non-hydrogen) atoms. The number of para-hydroxylation sites is 2. The lowest BCUT2D eigenvalue weighted by atomic mass is 9.96. The summed E-state index contributed by atoms with van der Waals surface area (Å²) in [6, 6.07) is 20.0. The normalized spacial score (nSPS) is 16.9. The summed E-state index contributed by atoms with van der Waals surface area (Å²) in [4.78, 5) is 19.6. The highest BCUT2D eigenvalue weighted by molar-refractivity contribution is 7.80. The number of thiocarbonyl (C=S) groups is 1. The van der Waals surface area contributed by atoms with Crippen molar-refractivity contribution < 1.29 is 18.0 Å². The van der Waals surface area contributed by atoms with E-state index < -0.39 is 17.8 Å². The number of alkyl halides is 3. The summed E-state index contributed by atoms with van der Waals surface area (Å²) in [5.74, 6) is -0.150. The molecule has 0 saturated carbocycles. The zero-order valence-corrected chi connectivity index (χ0v) is 24.4. The monoisotopic (exact) mass is 591 g/mol. The van der Waals surface area contributed by atoms with Gasteiger partial charge in [-0.15, -0.1) is 0 Å². The van der Waals surface area contributed by atoms with Crippen molar-refractivity contribution in [2.45, 2.75) is 51.9 Å². The molecule has 0 radical (unpaired) electrons. The molecule has 4 aromatic rings. The van der Waals surface area contributed by atoms with Crippen molar-refractivity contribution in [2.24, 2.45) is 0 Å². The van der Waals surface area contributed by atoms with Crippen molar-refractivity contribution in [3.05, 3.63) is 113 Å². The van der Waals surface area contributed by atoms with Crippen LogP contribution in [0, 0.1) is 13.8 Å². The third-order valence-corrected chi connectivity index (χ3v) is 8.04. The predicted molar refractivity (Wildman–Crippen MR) is 161 cm³/mol. The van der Waals surface area contributed by atoms with E-state index in [0.717, 1.165) is 35.0 Å². The Morgan fingerprint density at radius 1 is 1.05 bits per heavy atom. The third kappa shape index (κ3) is 5.76. The molecule has 1 aliphatic rings. The molecule has 0 bridgehead atoms. The summed E-state index contributed by atoms with van der Waals surface area (Å²) in [6.45, 7) is 5.95. The molecule has 5 rings (SSSR count). The van der Waals surface area contributed by atoms with Gasteiger partial charge in [0.1, 0.15) is 0 Å². The van der Waals surface area contributed by atoms with E-state index in [9.17, 15) is 18.0 Å². The number of nitrogens with one attached hydrogen (secondary N) is 2. The van der Waals surface area contributed by atoms with Crippen molar-refractivity contribution in [3.63, 3.8) is 0 Å². The number of anilines is 1. The first-order valence-corrected chi connectivity index (χ1v) is 14.2. The van der Waals surface area contributed by atoms with Gasteiger partial charge >= 0.3 is 6.18 Å². The van der Waals surface area contributed by atoms with Crippen LogP contribution in [-0.2, 0) is 17.4 Å². The van der Waals surface area contributed by atoms with Crippen LogP contribution in [0.3, 0.4) is 0 Å². The zero-order chi connectivity index (χ0) is 30.0. The van der Waals surface area contributed by atoms with Crippen molar-refractivity contribution >= 4 is 28.9 Å². The lowest BCUT2D eigenvalue weighted by molar-refractivity contribution is -0.137. The molecule has 1 aliphatic heterocycles. The van der Waals surface area contributed by atoms with Crippen molar-refractivity contribution in [1.29, 1.82) is 0 Å². The second-order valence-corrected chi connectivity index (χ2v) is 10.7. The fourth-order valence-corrected chi connectivity index (χ4v) is 6.07. The lowest BCUT2D eigenvalue weighted by Crippen LogP contribution is -2.33. The van der Waals surface area contributed by atoms with Crippen molar-refractivity contribution in [3.8, 4) is 5.69 Å². The van der Waals surface area contributed by atoms with Crippen LogP contribution < -0.4 is 10.6 Å². The SMILES string of the molecule is CCc1ccccc1NC(=O)CCN1C(=S)NC(c2ccccn2)C1c1cc(C)n(-c2ccccc2C(F)(F)F)c1C. The van der Waals surface area contributed by atoms with Crippen molar-refractivity contribution in [1.82, 2.24) is 19.8 Å². The lowest BCUT2D eigenvalue weighted by Gasteiger charge is -2.28. The van der Waals surface area contributed by atoms with E-state index in [1.165, 1.54) is 12.1 Å². The van der Waals surface area contributed by atoms with E-state index in [2.05, 4.69) is 15.6 Å². The Morgan fingerprint density at radius 3 is 2.48 bits per heavy atom.